The number of aromatic nitrogens is 1. The van der Waals surface area contributed by atoms with Gasteiger partial charge in [0.1, 0.15) is 0 Å². The number of fused-ring (bicyclic) bond motifs is 1. The maximum absolute atomic E-state index is 10.9. The van der Waals surface area contributed by atoms with E-state index in [9.17, 15) is 10.0 Å². The maximum atomic E-state index is 10.9. The van der Waals surface area contributed by atoms with Crippen LogP contribution in [0.15, 0.2) is 54.7 Å². The number of benzene rings is 2. The minimum atomic E-state index is -1.12. The van der Waals surface area contributed by atoms with Crippen molar-refractivity contribution in [1.82, 2.24) is 15.4 Å². The topological polar surface area (TPSA) is 88.6 Å². The van der Waals surface area contributed by atoms with Gasteiger partial charge in [0.25, 0.3) is 0 Å². The molecule has 1 atom stereocenters. The van der Waals surface area contributed by atoms with Crippen LogP contribution in [0.25, 0.3) is 10.9 Å². The Labute approximate surface area is 158 Å². The van der Waals surface area contributed by atoms with Crippen molar-refractivity contribution in [1.29, 1.82) is 0 Å². The summed E-state index contributed by atoms with van der Waals surface area (Å²) in [6.45, 7) is 0.376. The van der Waals surface area contributed by atoms with Crippen LogP contribution in [0.2, 0.25) is 0 Å². The monoisotopic (exact) mass is 451 g/mol. The fraction of sp³-hybridized carbons (Fsp3) is 0.167. The zero-order chi connectivity index (χ0) is 17.8. The van der Waals surface area contributed by atoms with Crippen molar-refractivity contribution in [3.05, 3.63) is 69.4 Å². The van der Waals surface area contributed by atoms with Crippen molar-refractivity contribution in [2.45, 2.75) is 12.6 Å². The average molecular weight is 451 g/mol. The van der Waals surface area contributed by atoms with Gasteiger partial charge in [0.05, 0.1) is 6.04 Å². The largest absolute Gasteiger partial charge is 0.465 e. The van der Waals surface area contributed by atoms with E-state index in [0.29, 0.717) is 6.54 Å². The second-order valence-electron chi connectivity index (χ2n) is 5.72. The van der Waals surface area contributed by atoms with Crippen molar-refractivity contribution in [2.75, 3.05) is 6.54 Å². The molecule has 0 fully saturated rings. The normalized spacial score (nSPS) is 12.4. The summed E-state index contributed by atoms with van der Waals surface area (Å²) in [5.74, 6) is 0. The molecule has 3 aromatic rings. The maximum Gasteiger partial charge on any atom is 0.404 e. The lowest BCUT2D eigenvalue weighted by Crippen LogP contribution is -2.35. The molecule has 4 N–H and O–H groups in total. The first kappa shape index (κ1) is 17.7. The SMILES string of the molecule is O=C(O)NCC(c1c[nH]c2cc(I)ccc12)N(O)Cc1ccccc1. The fourth-order valence-corrected chi connectivity index (χ4v) is 3.33. The summed E-state index contributed by atoms with van der Waals surface area (Å²) in [5.41, 5.74) is 2.74. The van der Waals surface area contributed by atoms with E-state index in [4.69, 9.17) is 5.11 Å². The molecule has 0 aliphatic rings. The molecule has 1 amide bonds. The number of H-pyrrole nitrogens is 1. The minimum Gasteiger partial charge on any atom is -0.465 e. The van der Waals surface area contributed by atoms with Crippen LogP contribution >= 0.6 is 22.6 Å². The number of hydrogen-bond donors (Lipinski definition) is 4. The van der Waals surface area contributed by atoms with Crippen LogP contribution < -0.4 is 5.32 Å². The molecular formula is C18H18IN3O3. The van der Waals surface area contributed by atoms with E-state index >= 15 is 0 Å². The zero-order valence-corrected chi connectivity index (χ0v) is 15.5. The highest BCUT2D eigenvalue weighted by Crippen LogP contribution is 2.29. The number of nitrogens with one attached hydrogen (secondary N) is 2. The van der Waals surface area contributed by atoms with Crippen LogP contribution in [0.3, 0.4) is 0 Å². The highest BCUT2D eigenvalue weighted by atomic mass is 127. The van der Waals surface area contributed by atoms with Gasteiger partial charge >= 0.3 is 6.09 Å². The molecule has 2 aromatic carbocycles. The van der Waals surface area contributed by atoms with Gasteiger partial charge in [0, 0.05) is 33.8 Å². The van der Waals surface area contributed by atoms with Gasteiger partial charge in [-0.3, -0.25) is 0 Å². The Morgan fingerprint density at radius 3 is 2.72 bits per heavy atom. The van der Waals surface area contributed by atoms with Gasteiger partial charge in [-0.25, -0.2) is 4.79 Å². The third-order valence-corrected chi connectivity index (χ3v) is 4.70. The molecule has 6 nitrogen and oxygen atoms in total. The molecule has 1 aromatic heterocycles. The molecule has 0 saturated carbocycles. The van der Waals surface area contributed by atoms with Gasteiger partial charge in [0.2, 0.25) is 0 Å². The summed E-state index contributed by atoms with van der Waals surface area (Å²) < 4.78 is 1.10. The molecule has 0 bridgehead atoms. The molecule has 1 unspecified atom stereocenters. The highest BCUT2D eigenvalue weighted by molar-refractivity contribution is 14.1. The summed E-state index contributed by atoms with van der Waals surface area (Å²) in [4.78, 5) is 14.1. The third-order valence-electron chi connectivity index (χ3n) is 4.03. The summed E-state index contributed by atoms with van der Waals surface area (Å²) >= 11 is 2.24. The number of halogens is 1. The van der Waals surface area contributed by atoms with Gasteiger partial charge in [-0.1, -0.05) is 36.4 Å². The molecule has 0 saturated heterocycles. The number of carboxylic acid groups (broad SMARTS) is 1. The number of rotatable bonds is 6. The average Bonchev–Trinajstić information content (AvgIpc) is 2.98. The van der Waals surface area contributed by atoms with Crippen LogP contribution in [-0.2, 0) is 6.54 Å². The van der Waals surface area contributed by atoms with Crippen LogP contribution in [0.5, 0.6) is 0 Å². The molecular weight excluding hydrogens is 433 g/mol. The fourth-order valence-electron chi connectivity index (χ4n) is 2.84. The Kier molecular flexibility index (Phi) is 5.57. The second kappa shape index (κ2) is 7.85. The summed E-state index contributed by atoms with van der Waals surface area (Å²) in [5, 5.41) is 24.1. The number of hydrogen-bond acceptors (Lipinski definition) is 3. The predicted molar refractivity (Wildman–Crippen MR) is 104 cm³/mol. The van der Waals surface area contributed by atoms with Crippen LogP contribution in [0.1, 0.15) is 17.2 Å². The van der Waals surface area contributed by atoms with Crippen molar-refractivity contribution in [3.8, 4) is 0 Å². The summed E-state index contributed by atoms with van der Waals surface area (Å²) in [7, 11) is 0. The Bertz CT molecular complexity index is 866. The van der Waals surface area contributed by atoms with E-state index in [1.54, 1.807) is 0 Å². The van der Waals surface area contributed by atoms with E-state index < -0.39 is 12.1 Å². The Hall–Kier alpha value is -2.10. The second-order valence-corrected chi connectivity index (χ2v) is 6.96. The first-order valence-electron chi connectivity index (χ1n) is 7.77. The smallest absolute Gasteiger partial charge is 0.404 e. The van der Waals surface area contributed by atoms with Crippen LogP contribution in [0.4, 0.5) is 4.79 Å². The zero-order valence-electron chi connectivity index (χ0n) is 13.3. The molecule has 0 spiro atoms. The number of carbonyl (C=O) groups is 1. The van der Waals surface area contributed by atoms with Crippen molar-refractivity contribution < 1.29 is 15.1 Å². The van der Waals surface area contributed by atoms with E-state index in [0.717, 1.165) is 25.6 Å². The van der Waals surface area contributed by atoms with Crippen LogP contribution in [-0.4, -0.2) is 33.0 Å². The molecule has 7 heteroatoms. The van der Waals surface area contributed by atoms with Crippen molar-refractivity contribution in [3.63, 3.8) is 0 Å². The number of amides is 1. The van der Waals surface area contributed by atoms with E-state index in [-0.39, 0.29) is 6.54 Å². The van der Waals surface area contributed by atoms with Crippen molar-refractivity contribution >= 4 is 39.6 Å². The number of hydroxylamine groups is 2. The molecule has 130 valence electrons. The first-order valence-corrected chi connectivity index (χ1v) is 8.85. The minimum absolute atomic E-state index is 0.0810. The Balaban J connectivity index is 1.91. The predicted octanol–water partition coefficient (Wildman–Crippen LogP) is 3.97. The molecule has 1 heterocycles. The Morgan fingerprint density at radius 2 is 2.00 bits per heavy atom. The first-order chi connectivity index (χ1) is 12.0. The highest BCUT2D eigenvalue weighted by Gasteiger charge is 2.23. The number of aromatic amines is 1. The molecule has 0 aliphatic heterocycles. The lowest BCUT2D eigenvalue weighted by atomic mass is 10.0. The van der Waals surface area contributed by atoms with E-state index in [2.05, 4.69) is 32.9 Å². The van der Waals surface area contributed by atoms with Gasteiger partial charge in [0.15, 0.2) is 0 Å². The molecule has 3 rings (SSSR count). The van der Waals surface area contributed by atoms with Gasteiger partial charge in [-0.15, -0.1) is 0 Å². The quantitative estimate of drug-likeness (QED) is 0.338. The van der Waals surface area contributed by atoms with Crippen LogP contribution in [0, 0.1) is 3.57 Å². The summed E-state index contributed by atoms with van der Waals surface area (Å²) in [6.07, 6.45) is 0.705. The lowest BCUT2D eigenvalue weighted by molar-refractivity contribution is -0.135. The summed E-state index contributed by atoms with van der Waals surface area (Å²) in [6, 6.07) is 15.0. The third kappa shape index (κ3) is 4.30. The number of nitrogens with zero attached hydrogens (tertiary/aromatic N) is 1. The van der Waals surface area contributed by atoms with Gasteiger partial charge in [-0.2, -0.15) is 5.06 Å². The molecule has 0 radical (unpaired) electrons. The lowest BCUT2D eigenvalue weighted by Gasteiger charge is -2.26. The Morgan fingerprint density at radius 1 is 1.24 bits per heavy atom. The molecule has 0 aliphatic carbocycles. The van der Waals surface area contributed by atoms with Gasteiger partial charge < -0.3 is 20.6 Å². The van der Waals surface area contributed by atoms with E-state index in [1.807, 2.05) is 54.7 Å². The standard InChI is InChI=1S/C18H18IN3O3/c19-13-6-7-14-15(9-20-16(14)8-13)17(10-21-18(23)24)22(25)11-12-4-2-1-3-5-12/h1-9,17,20-21,25H,10-11H2,(H,23,24). The van der Waals surface area contributed by atoms with Gasteiger partial charge in [-0.05, 0) is 45.9 Å². The van der Waals surface area contributed by atoms with E-state index in [1.165, 1.54) is 5.06 Å². The van der Waals surface area contributed by atoms with Crippen molar-refractivity contribution in [2.24, 2.45) is 0 Å². The molecule has 25 heavy (non-hydrogen) atoms.